The first kappa shape index (κ1) is 11.5. The van der Waals surface area contributed by atoms with Crippen molar-refractivity contribution in [1.82, 2.24) is 14.3 Å². The molecule has 4 rings (SSSR count). The van der Waals surface area contributed by atoms with Gasteiger partial charge in [-0.25, -0.2) is 4.98 Å². The summed E-state index contributed by atoms with van der Waals surface area (Å²) in [6.07, 6.45) is 13.1. The molecule has 1 aliphatic heterocycles. The number of fused-ring (bicyclic) bond motifs is 2. The van der Waals surface area contributed by atoms with Crippen LogP contribution in [0.3, 0.4) is 0 Å². The maximum absolute atomic E-state index is 4.36. The van der Waals surface area contributed by atoms with Gasteiger partial charge in [-0.05, 0) is 44.5 Å². The van der Waals surface area contributed by atoms with Crippen LogP contribution in [0.1, 0.15) is 37.7 Å². The van der Waals surface area contributed by atoms with Crippen LogP contribution in [0, 0.1) is 0 Å². The number of likely N-dealkylation sites (tertiary alicyclic amines) is 1. The van der Waals surface area contributed by atoms with Gasteiger partial charge in [0.1, 0.15) is 5.65 Å². The molecule has 2 aromatic heterocycles. The number of imidazole rings is 1. The maximum Gasteiger partial charge on any atom is 0.136 e. The van der Waals surface area contributed by atoms with E-state index in [-0.39, 0.29) is 0 Å². The maximum atomic E-state index is 4.36. The van der Waals surface area contributed by atoms with Crippen molar-refractivity contribution < 1.29 is 0 Å². The van der Waals surface area contributed by atoms with Gasteiger partial charge in [0, 0.05) is 30.0 Å². The van der Waals surface area contributed by atoms with Gasteiger partial charge in [-0.15, -0.1) is 0 Å². The van der Waals surface area contributed by atoms with Crippen LogP contribution in [-0.4, -0.2) is 33.9 Å². The lowest BCUT2D eigenvalue weighted by atomic mass is 9.66. The van der Waals surface area contributed by atoms with E-state index in [9.17, 15) is 0 Å². The largest absolute Gasteiger partial charge is 0.307 e. The minimum Gasteiger partial charge on any atom is -0.307 e. The molecule has 0 unspecified atom stereocenters. The second-order valence-corrected chi connectivity index (χ2v) is 6.26. The van der Waals surface area contributed by atoms with Gasteiger partial charge in [0.15, 0.2) is 0 Å². The third-order valence-electron chi connectivity index (χ3n) is 5.39. The normalized spacial score (nSPS) is 31.7. The zero-order valence-electron chi connectivity index (χ0n) is 11.5. The number of rotatable bonds is 1. The van der Waals surface area contributed by atoms with E-state index in [0.717, 1.165) is 11.7 Å². The lowest BCUT2D eigenvalue weighted by Crippen LogP contribution is -2.43. The SMILES string of the molecule is CN1CC[C@]2(c3ccc4nccn4c3)CCCC[C@H]12. The molecule has 3 nitrogen and oxygen atoms in total. The number of nitrogens with zero attached hydrogens (tertiary/aromatic N) is 3. The average Bonchev–Trinajstić information content (AvgIpc) is 3.04. The fourth-order valence-corrected chi connectivity index (χ4v) is 4.38. The van der Waals surface area contributed by atoms with Crippen LogP contribution in [0.25, 0.3) is 5.65 Å². The van der Waals surface area contributed by atoms with Crippen molar-refractivity contribution in [3.8, 4) is 0 Å². The van der Waals surface area contributed by atoms with Gasteiger partial charge in [0.2, 0.25) is 0 Å². The smallest absolute Gasteiger partial charge is 0.136 e. The summed E-state index contributed by atoms with van der Waals surface area (Å²) in [6, 6.07) is 5.23. The molecule has 2 aliphatic rings. The van der Waals surface area contributed by atoms with Gasteiger partial charge >= 0.3 is 0 Å². The van der Waals surface area contributed by atoms with Crippen molar-refractivity contribution in [3.63, 3.8) is 0 Å². The van der Waals surface area contributed by atoms with Gasteiger partial charge in [0.25, 0.3) is 0 Å². The van der Waals surface area contributed by atoms with E-state index >= 15 is 0 Å². The minimum atomic E-state index is 0.394. The lowest BCUT2D eigenvalue weighted by molar-refractivity contribution is 0.181. The number of likely N-dealkylation sites (N-methyl/N-ethyl adjacent to an activating group) is 1. The number of hydrogen-bond acceptors (Lipinski definition) is 2. The van der Waals surface area contributed by atoms with Crippen molar-refractivity contribution in [3.05, 3.63) is 36.3 Å². The summed E-state index contributed by atoms with van der Waals surface area (Å²) < 4.78 is 2.17. The minimum absolute atomic E-state index is 0.394. The van der Waals surface area contributed by atoms with E-state index in [1.54, 1.807) is 0 Å². The molecular formula is C16H21N3. The number of pyridine rings is 1. The third kappa shape index (κ3) is 1.57. The van der Waals surface area contributed by atoms with Crippen molar-refractivity contribution >= 4 is 5.65 Å². The molecule has 3 heteroatoms. The first-order chi connectivity index (χ1) is 9.29. The van der Waals surface area contributed by atoms with Gasteiger partial charge in [0.05, 0.1) is 0 Å². The van der Waals surface area contributed by atoms with Crippen molar-refractivity contribution in [2.45, 2.75) is 43.6 Å². The quantitative estimate of drug-likeness (QED) is 0.781. The molecule has 100 valence electrons. The van der Waals surface area contributed by atoms with E-state index < -0.39 is 0 Å². The summed E-state index contributed by atoms with van der Waals surface area (Å²) in [5.41, 5.74) is 2.97. The van der Waals surface area contributed by atoms with Gasteiger partial charge < -0.3 is 9.30 Å². The van der Waals surface area contributed by atoms with E-state index in [0.29, 0.717) is 5.41 Å². The zero-order chi connectivity index (χ0) is 12.9. The standard InChI is InChI=1S/C16H21N3/c1-18-10-8-16(7-3-2-4-14(16)18)13-5-6-15-17-9-11-19(15)12-13/h5-6,9,11-12,14H,2-4,7-8,10H2,1H3/t14-,16-/m0/s1. The molecule has 1 saturated heterocycles. The van der Waals surface area contributed by atoms with Crippen molar-refractivity contribution in [1.29, 1.82) is 0 Å². The Labute approximate surface area is 114 Å². The van der Waals surface area contributed by atoms with Crippen LogP contribution in [-0.2, 0) is 5.41 Å². The third-order valence-corrected chi connectivity index (χ3v) is 5.39. The highest BCUT2D eigenvalue weighted by Gasteiger charge is 2.48. The Morgan fingerprint density at radius 3 is 3.16 bits per heavy atom. The van der Waals surface area contributed by atoms with E-state index in [2.05, 4.69) is 45.9 Å². The second-order valence-electron chi connectivity index (χ2n) is 6.26. The molecule has 1 saturated carbocycles. The lowest BCUT2D eigenvalue weighted by Gasteiger charge is -2.41. The van der Waals surface area contributed by atoms with Crippen molar-refractivity contribution in [2.75, 3.05) is 13.6 Å². The Bertz CT molecular complexity index is 599. The fourth-order valence-electron chi connectivity index (χ4n) is 4.38. The molecule has 3 heterocycles. The average molecular weight is 255 g/mol. The molecular weight excluding hydrogens is 234 g/mol. The summed E-state index contributed by atoms with van der Waals surface area (Å²) in [5.74, 6) is 0. The van der Waals surface area contributed by atoms with Crippen LogP contribution in [0.4, 0.5) is 0 Å². The molecule has 0 bridgehead atoms. The predicted octanol–water partition coefficient (Wildman–Crippen LogP) is 2.85. The van der Waals surface area contributed by atoms with Crippen LogP contribution < -0.4 is 0 Å². The van der Waals surface area contributed by atoms with Crippen LogP contribution in [0.15, 0.2) is 30.7 Å². The molecule has 1 aliphatic carbocycles. The molecule has 2 atom stereocenters. The first-order valence-electron chi connectivity index (χ1n) is 7.43. The summed E-state index contributed by atoms with van der Waals surface area (Å²) >= 11 is 0. The zero-order valence-corrected chi connectivity index (χ0v) is 11.5. The van der Waals surface area contributed by atoms with Gasteiger partial charge in [-0.2, -0.15) is 0 Å². The molecule has 2 fully saturated rings. The van der Waals surface area contributed by atoms with Crippen LogP contribution >= 0.6 is 0 Å². The fraction of sp³-hybridized carbons (Fsp3) is 0.562. The monoisotopic (exact) mass is 255 g/mol. The molecule has 2 aromatic rings. The highest BCUT2D eigenvalue weighted by atomic mass is 15.2. The Morgan fingerprint density at radius 2 is 2.21 bits per heavy atom. The topological polar surface area (TPSA) is 20.5 Å². The van der Waals surface area contributed by atoms with Crippen molar-refractivity contribution in [2.24, 2.45) is 0 Å². The highest BCUT2D eigenvalue weighted by Crippen LogP contribution is 2.48. The molecule has 19 heavy (non-hydrogen) atoms. The number of hydrogen-bond donors (Lipinski definition) is 0. The Kier molecular flexibility index (Phi) is 2.46. The number of aromatic nitrogens is 2. The summed E-state index contributed by atoms with van der Waals surface area (Å²) in [5, 5.41) is 0. The van der Waals surface area contributed by atoms with E-state index in [1.807, 2.05) is 6.20 Å². The molecule has 0 N–H and O–H groups in total. The molecule has 0 amide bonds. The first-order valence-corrected chi connectivity index (χ1v) is 7.43. The Morgan fingerprint density at radius 1 is 1.26 bits per heavy atom. The molecule has 0 aromatic carbocycles. The molecule has 0 radical (unpaired) electrons. The Hall–Kier alpha value is -1.35. The van der Waals surface area contributed by atoms with Crippen LogP contribution in [0.5, 0.6) is 0 Å². The van der Waals surface area contributed by atoms with Gasteiger partial charge in [-0.3, -0.25) is 0 Å². The van der Waals surface area contributed by atoms with Crippen LogP contribution in [0.2, 0.25) is 0 Å². The van der Waals surface area contributed by atoms with Gasteiger partial charge in [-0.1, -0.05) is 18.9 Å². The Balaban J connectivity index is 1.83. The van der Waals surface area contributed by atoms with E-state index in [1.165, 1.54) is 44.2 Å². The van der Waals surface area contributed by atoms with E-state index in [4.69, 9.17) is 0 Å². The highest BCUT2D eigenvalue weighted by molar-refractivity contribution is 5.42. The summed E-state index contributed by atoms with van der Waals surface area (Å²) in [6.45, 7) is 1.24. The summed E-state index contributed by atoms with van der Waals surface area (Å²) in [7, 11) is 2.30. The predicted molar refractivity (Wildman–Crippen MR) is 76.4 cm³/mol. The molecule has 0 spiro atoms. The second kappa shape index (κ2) is 4.07. The summed E-state index contributed by atoms with van der Waals surface area (Å²) in [4.78, 5) is 6.94.